The molecule has 0 unspecified atom stereocenters. The Morgan fingerprint density at radius 2 is 1.27 bits per heavy atom. The highest BCUT2D eigenvalue weighted by Crippen LogP contribution is 2.32. The summed E-state index contributed by atoms with van der Waals surface area (Å²) in [6.07, 6.45) is 17.3. The third-order valence-electron chi connectivity index (χ3n) is 4.81. The van der Waals surface area contributed by atoms with Crippen molar-refractivity contribution in [3.05, 3.63) is 11.6 Å². The smallest absolute Gasteiger partial charge is 0.328 e. The summed E-state index contributed by atoms with van der Waals surface area (Å²) in [6, 6.07) is 0. The molecule has 0 aliphatic heterocycles. The summed E-state index contributed by atoms with van der Waals surface area (Å²) in [5.41, 5.74) is 0.990. The van der Waals surface area contributed by atoms with E-state index in [1.165, 1.54) is 76.7 Å². The maximum atomic E-state index is 10.7. The monoisotopic (exact) mass is 310 g/mol. The highest BCUT2D eigenvalue weighted by molar-refractivity contribution is 5.80. The zero-order valence-corrected chi connectivity index (χ0v) is 15.4. The molecule has 0 aromatic carbocycles. The molecule has 0 atom stereocenters. The lowest BCUT2D eigenvalue weighted by molar-refractivity contribution is -0.131. The van der Waals surface area contributed by atoms with Crippen LogP contribution in [0.3, 0.4) is 0 Å². The largest absolute Gasteiger partial charge is 0.478 e. The number of carbonyl (C=O) groups is 1. The molecule has 0 bridgehead atoms. The van der Waals surface area contributed by atoms with E-state index in [1.807, 2.05) is 6.92 Å². The van der Waals surface area contributed by atoms with Crippen molar-refractivity contribution in [1.29, 1.82) is 0 Å². The number of hydrogen-bond donors (Lipinski definition) is 1. The van der Waals surface area contributed by atoms with Gasteiger partial charge in [-0.25, -0.2) is 4.79 Å². The van der Waals surface area contributed by atoms with Gasteiger partial charge in [-0.05, 0) is 18.8 Å². The van der Waals surface area contributed by atoms with Crippen LogP contribution < -0.4 is 0 Å². The average Bonchev–Trinajstić information content (AvgIpc) is 2.44. The van der Waals surface area contributed by atoms with E-state index in [2.05, 4.69) is 20.8 Å². The molecule has 0 saturated heterocycles. The lowest BCUT2D eigenvalue weighted by Crippen LogP contribution is -2.14. The molecule has 0 radical (unpaired) electrons. The zero-order valence-electron chi connectivity index (χ0n) is 15.4. The normalized spacial score (nSPS) is 12.6. The third-order valence-corrected chi connectivity index (χ3v) is 4.81. The summed E-state index contributed by atoms with van der Waals surface area (Å²) in [4.78, 5) is 10.7. The SMILES string of the molecule is CCCCCCCCCCCCCC(C)(C)/C(C)=C/C(=O)O. The lowest BCUT2D eigenvalue weighted by Gasteiger charge is -2.25. The first kappa shape index (κ1) is 21.2. The van der Waals surface area contributed by atoms with Crippen molar-refractivity contribution in [2.75, 3.05) is 0 Å². The van der Waals surface area contributed by atoms with Crippen molar-refractivity contribution in [2.45, 2.75) is 105 Å². The molecule has 0 aromatic heterocycles. The van der Waals surface area contributed by atoms with Gasteiger partial charge in [0.05, 0.1) is 0 Å². The number of carboxylic acids is 1. The molecule has 0 spiro atoms. The number of hydrogen-bond acceptors (Lipinski definition) is 1. The van der Waals surface area contributed by atoms with E-state index in [0.29, 0.717) is 0 Å². The Kier molecular flexibility index (Phi) is 12.3. The molecule has 22 heavy (non-hydrogen) atoms. The van der Waals surface area contributed by atoms with Crippen molar-refractivity contribution < 1.29 is 9.90 Å². The summed E-state index contributed by atoms with van der Waals surface area (Å²) in [7, 11) is 0. The Labute approximate surface area is 138 Å². The fourth-order valence-electron chi connectivity index (χ4n) is 2.81. The zero-order chi connectivity index (χ0) is 16.8. The van der Waals surface area contributed by atoms with Crippen molar-refractivity contribution in [3.63, 3.8) is 0 Å². The topological polar surface area (TPSA) is 37.3 Å². The van der Waals surface area contributed by atoms with Gasteiger partial charge in [-0.3, -0.25) is 0 Å². The standard InChI is InChI=1S/C20H38O2/c1-5-6-7-8-9-10-11-12-13-14-15-16-20(3,4)18(2)17-19(21)22/h17H,5-16H2,1-4H3,(H,21,22)/b18-17+. The Hall–Kier alpha value is -0.790. The number of unbranched alkanes of at least 4 members (excludes halogenated alkanes) is 10. The van der Waals surface area contributed by atoms with Crippen molar-refractivity contribution >= 4 is 5.97 Å². The second-order valence-electron chi connectivity index (χ2n) is 7.34. The Balaban J connectivity index is 3.55. The van der Waals surface area contributed by atoms with E-state index < -0.39 is 5.97 Å². The van der Waals surface area contributed by atoms with Gasteiger partial charge in [0, 0.05) is 6.08 Å². The van der Waals surface area contributed by atoms with Crippen molar-refractivity contribution in [2.24, 2.45) is 5.41 Å². The molecule has 2 heteroatoms. The Morgan fingerprint density at radius 3 is 1.68 bits per heavy atom. The maximum absolute atomic E-state index is 10.7. The van der Waals surface area contributed by atoms with Crippen LogP contribution in [-0.4, -0.2) is 11.1 Å². The molecule has 0 saturated carbocycles. The molecule has 0 aromatic rings. The van der Waals surface area contributed by atoms with E-state index in [-0.39, 0.29) is 5.41 Å². The molecule has 0 heterocycles. The highest BCUT2D eigenvalue weighted by atomic mass is 16.4. The van der Waals surface area contributed by atoms with Crippen LogP contribution in [0, 0.1) is 5.41 Å². The Bertz CT molecular complexity index is 316. The minimum atomic E-state index is -0.829. The highest BCUT2D eigenvalue weighted by Gasteiger charge is 2.20. The number of aliphatic carboxylic acids is 1. The van der Waals surface area contributed by atoms with Gasteiger partial charge in [-0.2, -0.15) is 0 Å². The molecule has 0 fully saturated rings. The van der Waals surface area contributed by atoms with Gasteiger partial charge >= 0.3 is 5.97 Å². The summed E-state index contributed by atoms with van der Waals surface area (Å²) in [5, 5.41) is 8.83. The maximum Gasteiger partial charge on any atom is 0.328 e. The van der Waals surface area contributed by atoms with Crippen LogP contribution in [0.15, 0.2) is 11.6 Å². The van der Waals surface area contributed by atoms with Crippen LogP contribution in [0.5, 0.6) is 0 Å². The molecule has 0 amide bonds. The summed E-state index contributed by atoms with van der Waals surface area (Å²) in [5.74, 6) is -0.829. The number of rotatable bonds is 14. The van der Waals surface area contributed by atoms with Gasteiger partial charge in [-0.15, -0.1) is 0 Å². The van der Waals surface area contributed by atoms with Gasteiger partial charge in [0.15, 0.2) is 0 Å². The van der Waals surface area contributed by atoms with Crippen LogP contribution in [0.25, 0.3) is 0 Å². The first-order valence-corrected chi connectivity index (χ1v) is 9.32. The van der Waals surface area contributed by atoms with Gasteiger partial charge in [-0.1, -0.05) is 97.0 Å². The summed E-state index contributed by atoms with van der Waals surface area (Å²) < 4.78 is 0. The molecule has 1 N–H and O–H groups in total. The number of carboxylic acid groups (broad SMARTS) is 1. The van der Waals surface area contributed by atoms with Crippen LogP contribution >= 0.6 is 0 Å². The Morgan fingerprint density at radius 1 is 0.864 bits per heavy atom. The molecule has 2 nitrogen and oxygen atoms in total. The number of allylic oxidation sites excluding steroid dienone is 1. The minimum absolute atomic E-state index is 0.0116. The molecule has 0 aliphatic carbocycles. The molecule has 0 aliphatic rings. The molecule has 130 valence electrons. The fraction of sp³-hybridized carbons (Fsp3) is 0.850. The quantitative estimate of drug-likeness (QED) is 0.285. The fourth-order valence-corrected chi connectivity index (χ4v) is 2.81. The third kappa shape index (κ3) is 11.8. The molecular formula is C20H38O2. The van der Waals surface area contributed by atoms with Gasteiger partial charge in [0.1, 0.15) is 0 Å². The van der Waals surface area contributed by atoms with Crippen LogP contribution in [0.1, 0.15) is 105 Å². The first-order chi connectivity index (χ1) is 10.4. The van der Waals surface area contributed by atoms with Gasteiger partial charge < -0.3 is 5.11 Å². The van der Waals surface area contributed by atoms with Crippen molar-refractivity contribution in [1.82, 2.24) is 0 Å². The van der Waals surface area contributed by atoms with E-state index >= 15 is 0 Å². The second-order valence-corrected chi connectivity index (χ2v) is 7.34. The van der Waals surface area contributed by atoms with Gasteiger partial charge in [0.2, 0.25) is 0 Å². The van der Waals surface area contributed by atoms with Gasteiger partial charge in [0.25, 0.3) is 0 Å². The predicted octanol–water partition coefficient (Wildman–Crippen LogP) is 6.74. The summed E-state index contributed by atoms with van der Waals surface area (Å²) in [6.45, 7) is 8.50. The molecular weight excluding hydrogens is 272 g/mol. The lowest BCUT2D eigenvalue weighted by atomic mass is 9.80. The molecule has 0 rings (SSSR count). The van der Waals surface area contributed by atoms with Crippen LogP contribution in [-0.2, 0) is 4.79 Å². The van der Waals surface area contributed by atoms with E-state index in [0.717, 1.165) is 12.0 Å². The van der Waals surface area contributed by atoms with E-state index in [1.54, 1.807) is 0 Å². The second kappa shape index (κ2) is 12.7. The van der Waals surface area contributed by atoms with Crippen LogP contribution in [0.4, 0.5) is 0 Å². The van der Waals surface area contributed by atoms with Crippen LogP contribution in [0.2, 0.25) is 0 Å². The minimum Gasteiger partial charge on any atom is -0.478 e. The van der Waals surface area contributed by atoms with E-state index in [9.17, 15) is 4.79 Å². The average molecular weight is 311 g/mol. The van der Waals surface area contributed by atoms with E-state index in [4.69, 9.17) is 5.11 Å². The van der Waals surface area contributed by atoms with Crippen molar-refractivity contribution in [3.8, 4) is 0 Å². The summed E-state index contributed by atoms with van der Waals surface area (Å²) >= 11 is 0. The predicted molar refractivity (Wildman–Crippen MR) is 96.3 cm³/mol. The first-order valence-electron chi connectivity index (χ1n) is 9.32.